The molecule has 0 radical (unpaired) electrons. The second-order valence-corrected chi connectivity index (χ2v) is 5.85. The lowest BCUT2D eigenvalue weighted by Crippen LogP contribution is -2.26. The first-order valence-electron chi connectivity index (χ1n) is 7.35. The Balaban J connectivity index is 1.91. The Hall–Kier alpha value is -1.86. The van der Waals surface area contributed by atoms with Crippen LogP contribution < -0.4 is 0 Å². The van der Waals surface area contributed by atoms with Crippen molar-refractivity contribution < 1.29 is 22.8 Å². The zero-order chi connectivity index (χ0) is 16.6. The van der Waals surface area contributed by atoms with E-state index in [0.29, 0.717) is 24.5 Å². The number of nitrogens with zero attached hydrogens (tertiary/aromatic N) is 2. The summed E-state index contributed by atoms with van der Waals surface area (Å²) in [6.07, 6.45) is -4.81. The molecule has 0 saturated carbocycles. The molecular formula is C16H17F3N2O2. The van der Waals surface area contributed by atoms with Crippen LogP contribution >= 0.6 is 0 Å². The van der Waals surface area contributed by atoms with Crippen LogP contribution in [0.2, 0.25) is 0 Å². The first-order chi connectivity index (χ1) is 10.8. The number of aromatic nitrogens is 1. The number of aliphatic hydroxyl groups is 1. The second-order valence-electron chi connectivity index (χ2n) is 5.85. The number of rotatable bonds is 3. The fourth-order valence-electron chi connectivity index (χ4n) is 3.12. The van der Waals surface area contributed by atoms with Crippen LogP contribution in [0.15, 0.2) is 34.9 Å². The van der Waals surface area contributed by atoms with Crippen LogP contribution in [-0.4, -0.2) is 27.8 Å². The van der Waals surface area contributed by atoms with Gasteiger partial charge in [0, 0.05) is 25.2 Å². The summed E-state index contributed by atoms with van der Waals surface area (Å²) >= 11 is 0. The van der Waals surface area contributed by atoms with Gasteiger partial charge < -0.3 is 9.63 Å². The summed E-state index contributed by atoms with van der Waals surface area (Å²) in [5.41, 5.74) is 0.184. The van der Waals surface area contributed by atoms with Gasteiger partial charge in [0.15, 0.2) is 0 Å². The number of likely N-dealkylation sites (tertiary alicyclic amines) is 1. The highest BCUT2D eigenvalue weighted by atomic mass is 19.4. The van der Waals surface area contributed by atoms with Crippen molar-refractivity contribution in [2.24, 2.45) is 0 Å². The summed E-state index contributed by atoms with van der Waals surface area (Å²) in [4.78, 5) is 1.81. The van der Waals surface area contributed by atoms with Crippen molar-refractivity contribution in [2.45, 2.75) is 38.2 Å². The van der Waals surface area contributed by atoms with Crippen LogP contribution in [0.5, 0.6) is 0 Å². The molecule has 1 fully saturated rings. The van der Waals surface area contributed by atoms with Crippen molar-refractivity contribution in [2.75, 3.05) is 6.54 Å². The SMILES string of the molecule is Cc1cc(CN2C[C@H](O)C[C@@H]2c2ccccc2C(F)(F)F)no1. The monoisotopic (exact) mass is 326 g/mol. The van der Waals surface area contributed by atoms with Gasteiger partial charge in [-0.05, 0) is 25.0 Å². The molecule has 0 spiro atoms. The average molecular weight is 326 g/mol. The smallest absolute Gasteiger partial charge is 0.392 e. The topological polar surface area (TPSA) is 49.5 Å². The number of aryl methyl sites for hydroxylation is 1. The minimum absolute atomic E-state index is 0.191. The normalized spacial score (nSPS) is 22.7. The number of aliphatic hydroxyl groups excluding tert-OH is 1. The summed E-state index contributed by atoms with van der Waals surface area (Å²) in [6.45, 7) is 2.40. The third-order valence-electron chi connectivity index (χ3n) is 4.05. The highest BCUT2D eigenvalue weighted by molar-refractivity contribution is 5.33. The molecule has 2 aromatic rings. The first-order valence-corrected chi connectivity index (χ1v) is 7.35. The molecule has 0 aliphatic carbocycles. The van der Waals surface area contributed by atoms with Gasteiger partial charge in [0.05, 0.1) is 17.4 Å². The van der Waals surface area contributed by atoms with Crippen molar-refractivity contribution in [1.82, 2.24) is 10.1 Å². The van der Waals surface area contributed by atoms with E-state index in [-0.39, 0.29) is 12.0 Å². The minimum atomic E-state index is -4.42. The quantitative estimate of drug-likeness (QED) is 0.940. The maximum atomic E-state index is 13.2. The van der Waals surface area contributed by atoms with Gasteiger partial charge in [-0.25, -0.2) is 0 Å². The Morgan fingerprint density at radius 3 is 2.74 bits per heavy atom. The number of hydrogen-bond acceptors (Lipinski definition) is 4. The average Bonchev–Trinajstić information content (AvgIpc) is 3.04. The van der Waals surface area contributed by atoms with Gasteiger partial charge in [-0.1, -0.05) is 23.4 Å². The molecule has 2 heterocycles. The van der Waals surface area contributed by atoms with Crippen molar-refractivity contribution in [3.63, 3.8) is 0 Å². The molecule has 1 aliphatic heterocycles. The van der Waals surface area contributed by atoms with Crippen LogP contribution in [0.1, 0.15) is 35.0 Å². The molecule has 7 heteroatoms. The summed E-state index contributed by atoms with van der Waals surface area (Å²) in [6, 6.07) is 6.78. The van der Waals surface area contributed by atoms with E-state index in [9.17, 15) is 18.3 Å². The maximum absolute atomic E-state index is 13.2. The molecule has 0 amide bonds. The Kier molecular flexibility index (Phi) is 4.16. The van der Waals surface area contributed by atoms with E-state index >= 15 is 0 Å². The summed E-state index contributed by atoms with van der Waals surface area (Å²) in [7, 11) is 0. The van der Waals surface area contributed by atoms with Gasteiger partial charge in [-0.3, -0.25) is 4.90 Å². The second kappa shape index (κ2) is 5.98. The van der Waals surface area contributed by atoms with E-state index < -0.39 is 23.9 Å². The maximum Gasteiger partial charge on any atom is 0.416 e. The summed E-state index contributed by atoms with van der Waals surface area (Å²) < 4.78 is 44.7. The number of benzene rings is 1. The Morgan fingerprint density at radius 1 is 1.35 bits per heavy atom. The van der Waals surface area contributed by atoms with Gasteiger partial charge in [0.1, 0.15) is 5.76 Å². The Morgan fingerprint density at radius 2 is 2.09 bits per heavy atom. The number of hydrogen-bond donors (Lipinski definition) is 1. The predicted octanol–water partition coefficient (Wildman–Crippen LogP) is 3.31. The van der Waals surface area contributed by atoms with E-state index in [4.69, 9.17) is 4.52 Å². The fraction of sp³-hybridized carbons (Fsp3) is 0.438. The molecule has 0 bridgehead atoms. The minimum Gasteiger partial charge on any atom is -0.392 e. The van der Waals surface area contributed by atoms with E-state index in [0.717, 1.165) is 6.07 Å². The van der Waals surface area contributed by atoms with Gasteiger partial charge >= 0.3 is 6.18 Å². The predicted molar refractivity (Wildman–Crippen MR) is 76.5 cm³/mol. The molecule has 2 atom stereocenters. The third-order valence-corrected chi connectivity index (χ3v) is 4.05. The molecule has 23 heavy (non-hydrogen) atoms. The summed E-state index contributed by atoms with van der Waals surface area (Å²) in [5.74, 6) is 0.645. The molecule has 1 aromatic carbocycles. The van der Waals surface area contributed by atoms with Crippen molar-refractivity contribution in [3.05, 3.63) is 52.9 Å². The van der Waals surface area contributed by atoms with E-state index in [1.165, 1.54) is 12.1 Å². The van der Waals surface area contributed by atoms with Crippen LogP contribution in [0.3, 0.4) is 0 Å². The molecule has 0 unspecified atom stereocenters. The van der Waals surface area contributed by atoms with Gasteiger partial charge in [0.25, 0.3) is 0 Å². The summed E-state index contributed by atoms with van der Waals surface area (Å²) in [5, 5.41) is 13.8. The van der Waals surface area contributed by atoms with Crippen molar-refractivity contribution >= 4 is 0 Å². The van der Waals surface area contributed by atoms with Gasteiger partial charge in [0.2, 0.25) is 0 Å². The highest BCUT2D eigenvalue weighted by Gasteiger charge is 2.39. The number of alkyl halides is 3. The fourth-order valence-corrected chi connectivity index (χ4v) is 3.12. The van der Waals surface area contributed by atoms with Crippen LogP contribution in [0.4, 0.5) is 13.2 Å². The number of β-amino-alcohol motifs (C(OH)–C–C–N with tert-alkyl or cyclic N) is 1. The molecule has 1 aliphatic rings. The molecular weight excluding hydrogens is 309 g/mol. The molecule has 1 N–H and O–H groups in total. The molecule has 4 nitrogen and oxygen atoms in total. The lowest BCUT2D eigenvalue weighted by atomic mass is 9.97. The zero-order valence-corrected chi connectivity index (χ0v) is 12.5. The van der Waals surface area contributed by atoms with Gasteiger partial charge in [-0.2, -0.15) is 13.2 Å². The van der Waals surface area contributed by atoms with Crippen LogP contribution in [0.25, 0.3) is 0 Å². The molecule has 124 valence electrons. The van der Waals surface area contributed by atoms with E-state index in [2.05, 4.69) is 5.16 Å². The van der Waals surface area contributed by atoms with E-state index in [1.807, 2.05) is 4.90 Å². The number of halogens is 3. The lowest BCUT2D eigenvalue weighted by molar-refractivity contribution is -0.138. The van der Waals surface area contributed by atoms with Crippen molar-refractivity contribution in [3.8, 4) is 0 Å². The zero-order valence-electron chi connectivity index (χ0n) is 12.5. The van der Waals surface area contributed by atoms with Gasteiger partial charge in [-0.15, -0.1) is 0 Å². The molecule has 3 rings (SSSR count). The Labute approximate surface area is 131 Å². The standard InChI is InChI=1S/C16H17F3N2O2/c1-10-6-11(20-23-10)8-21-9-12(22)7-15(21)13-4-2-3-5-14(13)16(17,18)19/h2-6,12,15,22H,7-9H2,1H3/t12-,15-/m1/s1. The lowest BCUT2D eigenvalue weighted by Gasteiger charge is -2.26. The van der Waals surface area contributed by atoms with Crippen molar-refractivity contribution in [1.29, 1.82) is 0 Å². The largest absolute Gasteiger partial charge is 0.416 e. The Bertz CT molecular complexity index is 684. The highest BCUT2D eigenvalue weighted by Crippen LogP contribution is 2.40. The molecule has 1 aromatic heterocycles. The molecule has 1 saturated heterocycles. The third kappa shape index (κ3) is 3.40. The van der Waals surface area contributed by atoms with E-state index in [1.54, 1.807) is 19.1 Å². The van der Waals surface area contributed by atoms with Crippen LogP contribution in [-0.2, 0) is 12.7 Å². The first kappa shape index (κ1) is 16.0. The van der Waals surface area contributed by atoms with Crippen LogP contribution in [0, 0.1) is 6.92 Å².